The van der Waals surface area contributed by atoms with E-state index in [1.165, 1.54) is 0 Å². The summed E-state index contributed by atoms with van der Waals surface area (Å²) in [5, 5.41) is 3.81. The van der Waals surface area contributed by atoms with Gasteiger partial charge in [0.05, 0.1) is 16.5 Å². The average molecular weight is 303 g/mol. The number of nitrogens with one attached hydrogen (secondary N) is 1. The molecule has 0 aliphatic heterocycles. The Morgan fingerprint density at radius 1 is 1.24 bits per heavy atom. The van der Waals surface area contributed by atoms with E-state index in [2.05, 4.69) is 10.3 Å². The van der Waals surface area contributed by atoms with Crippen LogP contribution in [0.4, 0.5) is 5.69 Å². The highest BCUT2D eigenvalue weighted by molar-refractivity contribution is 6.34. The fourth-order valence-electron chi connectivity index (χ4n) is 1.96. The molecule has 1 N–H and O–H groups in total. The van der Waals surface area contributed by atoms with Gasteiger partial charge in [0, 0.05) is 12.6 Å². The Morgan fingerprint density at radius 3 is 2.62 bits per heavy atom. The predicted octanol–water partition coefficient (Wildman–Crippen LogP) is 5.29. The van der Waals surface area contributed by atoms with Crippen LogP contribution in [-0.4, -0.2) is 12.4 Å². The number of benzene rings is 2. The number of hydrogen-bond acceptors (Lipinski definition) is 2. The van der Waals surface area contributed by atoms with Crippen molar-refractivity contribution in [1.29, 1.82) is 0 Å². The van der Waals surface area contributed by atoms with E-state index in [0.717, 1.165) is 35.1 Å². The first-order valence-corrected chi connectivity index (χ1v) is 7.29. The first kappa shape index (κ1) is 15.4. The van der Waals surface area contributed by atoms with Gasteiger partial charge in [-0.3, -0.25) is 4.99 Å². The van der Waals surface area contributed by atoms with Crippen LogP contribution in [0.2, 0.25) is 5.02 Å². The van der Waals surface area contributed by atoms with Crippen LogP contribution in [-0.2, 0) is 0 Å². The lowest BCUT2D eigenvalue weighted by atomic mass is 10.2. The Morgan fingerprint density at radius 2 is 1.95 bits per heavy atom. The number of aliphatic imine (C=N–C) groups is 1. The standard InChI is InChI=1S/C17H19ClN2O/c1-4-19-13(3)20-16-10-12(2)17(11-15(16)18)21-14-8-6-5-7-9-14/h5-11H,4H2,1-3H3,(H,19,20). The number of halogens is 1. The zero-order chi connectivity index (χ0) is 15.2. The predicted molar refractivity (Wildman–Crippen MR) is 90.0 cm³/mol. The van der Waals surface area contributed by atoms with Crippen LogP contribution in [0.1, 0.15) is 19.4 Å². The molecule has 2 rings (SSSR count). The zero-order valence-electron chi connectivity index (χ0n) is 12.5. The summed E-state index contributed by atoms with van der Waals surface area (Å²) in [6.07, 6.45) is 0. The minimum Gasteiger partial charge on any atom is -0.457 e. The molecule has 3 nitrogen and oxygen atoms in total. The molecule has 110 valence electrons. The van der Waals surface area contributed by atoms with Crippen molar-refractivity contribution in [2.75, 3.05) is 11.9 Å². The third kappa shape index (κ3) is 4.23. The van der Waals surface area contributed by atoms with Crippen molar-refractivity contribution in [3.8, 4) is 11.5 Å². The van der Waals surface area contributed by atoms with Crippen LogP contribution in [0.3, 0.4) is 0 Å². The zero-order valence-corrected chi connectivity index (χ0v) is 13.2. The molecule has 0 amide bonds. The Bertz CT molecular complexity index is 639. The summed E-state index contributed by atoms with van der Waals surface area (Å²) in [4.78, 5) is 4.30. The Hall–Kier alpha value is -2.00. The van der Waals surface area contributed by atoms with Crippen LogP contribution < -0.4 is 10.1 Å². The summed E-state index contributed by atoms with van der Waals surface area (Å²) in [5.41, 5.74) is 1.85. The highest BCUT2D eigenvalue weighted by Gasteiger charge is 2.08. The average Bonchev–Trinajstić information content (AvgIpc) is 2.45. The smallest absolute Gasteiger partial charge is 0.131 e. The van der Waals surface area contributed by atoms with Gasteiger partial charge in [0.25, 0.3) is 0 Å². The van der Waals surface area contributed by atoms with E-state index in [1.54, 1.807) is 0 Å². The maximum Gasteiger partial charge on any atom is 0.131 e. The highest BCUT2D eigenvalue weighted by Crippen LogP contribution is 2.33. The molecule has 0 heterocycles. The molecule has 0 spiro atoms. The van der Waals surface area contributed by atoms with E-state index in [-0.39, 0.29) is 0 Å². The Labute approximate surface area is 130 Å². The summed E-state index contributed by atoms with van der Waals surface area (Å²) >= 11 is 6.31. The molecular formula is C17H19ClN2O. The topological polar surface area (TPSA) is 33.6 Å². The molecular weight excluding hydrogens is 284 g/mol. The number of anilines is 1. The summed E-state index contributed by atoms with van der Waals surface area (Å²) in [6, 6.07) is 13.4. The van der Waals surface area contributed by atoms with Gasteiger partial charge >= 0.3 is 0 Å². The molecule has 21 heavy (non-hydrogen) atoms. The largest absolute Gasteiger partial charge is 0.457 e. The second-order valence-corrected chi connectivity index (χ2v) is 5.10. The van der Waals surface area contributed by atoms with Gasteiger partial charge in [-0.2, -0.15) is 0 Å². The molecule has 0 aromatic heterocycles. The van der Waals surface area contributed by atoms with Gasteiger partial charge in [-0.15, -0.1) is 0 Å². The second-order valence-electron chi connectivity index (χ2n) is 4.70. The lowest BCUT2D eigenvalue weighted by Gasteiger charge is -2.13. The van der Waals surface area contributed by atoms with Crippen molar-refractivity contribution >= 4 is 23.1 Å². The normalized spacial score (nSPS) is 11.3. The maximum atomic E-state index is 6.31. The number of amidine groups is 1. The summed E-state index contributed by atoms with van der Waals surface area (Å²) in [6.45, 7) is 6.65. The number of rotatable bonds is 4. The lowest BCUT2D eigenvalue weighted by molar-refractivity contribution is 0.479. The minimum atomic E-state index is 0.609. The molecule has 0 saturated carbocycles. The molecule has 0 saturated heterocycles. The number of hydrogen-bond donors (Lipinski definition) is 1. The van der Waals surface area contributed by atoms with Gasteiger partial charge in [0.15, 0.2) is 0 Å². The quantitative estimate of drug-likeness (QED) is 0.615. The first-order chi connectivity index (χ1) is 10.1. The van der Waals surface area contributed by atoms with E-state index in [9.17, 15) is 0 Å². The SMILES string of the molecule is CCN=C(C)Nc1cc(C)c(Oc2ccccc2)cc1Cl. The van der Waals surface area contributed by atoms with Crippen LogP contribution >= 0.6 is 11.6 Å². The number of ether oxygens (including phenoxy) is 1. The number of aryl methyl sites for hydroxylation is 1. The highest BCUT2D eigenvalue weighted by atomic mass is 35.5. The Balaban J connectivity index is 2.23. The third-order valence-corrected chi connectivity index (χ3v) is 3.26. The van der Waals surface area contributed by atoms with E-state index >= 15 is 0 Å². The Kier molecular flexibility index (Phi) is 5.23. The molecule has 0 aliphatic rings. The van der Waals surface area contributed by atoms with Crippen molar-refractivity contribution < 1.29 is 4.74 Å². The van der Waals surface area contributed by atoms with Crippen molar-refractivity contribution in [3.63, 3.8) is 0 Å². The van der Waals surface area contributed by atoms with Crippen LogP contribution in [0.15, 0.2) is 47.5 Å². The van der Waals surface area contributed by atoms with E-state index in [1.807, 2.05) is 63.2 Å². The number of para-hydroxylation sites is 1. The van der Waals surface area contributed by atoms with Gasteiger partial charge in [-0.05, 0) is 44.5 Å². The molecule has 4 heteroatoms. The fraction of sp³-hybridized carbons (Fsp3) is 0.235. The molecule has 0 radical (unpaired) electrons. The van der Waals surface area contributed by atoms with Gasteiger partial charge in [0.1, 0.15) is 11.5 Å². The summed E-state index contributed by atoms with van der Waals surface area (Å²) in [7, 11) is 0. The van der Waals surface area contributed by atoms with Crippen molar-refractivity contribution in [3.05, 3.63) is 53.1 Å². The van der Waals surface area contributed by atoms with E-state index in [0.29, 0.717) is 5.02 Å². The summed E-state index contributed by atoms with van der Waals surface area (Å²) < 4.78 is 5.85. The molecule has 0 atom stereocenters. The summed E-state index contributed by atoms with van der Waals surface area (Å²) in [5.74, 6) is 2.39. The molecule has 0 aliphatic carbocycles. The fourth-order valence-corrected chi connectivity index (χ4v) is 2.16. The van der Waals surface area contributed by atoms with Crippen molar-refractivity contribution in [1.82, 2.24) is 0 Å². The molecule has 2 aromatic rings. The molecule has 0 unspecified atom stereocenters. The van der Waals surface area contributed by atoms with Crippen molar-refractivity contribution in [2.24, 2.45) is 4.99 Å². The first-order valence-electron chi connectivity index (χ1n) is 6.91. The number of nitrogens with zero attached hydrogens (tertiary/aromatic N) is 1. The third-order valence-electron chi connectivity index (χ3n) is 2.95. The molecule has 2 aromatic carbocycles. The molecule has 0 bridgehead atoms. The van der Waals surface area contributed by atoms with E-state index < -0.39 is 0 Å². The molecule has 0 fully saturated rings. The van der Waals surface area contributed by atoms with Gasteiger partial charge in [0.2, 0.25) is 0 Å². The second kappa shape index (κ2) is 7.14. The van der Waals surface area contributed by atoms with E-state index in [4.69, 9.17) is 16.3 Å². The van der Waals surface area contributed by atoms with Crippen molar-refractivity contribution in [2.45, 2.75) is 20.8 Å². The van der Waals surface area contributed by atoms with Crippen LogP contribution in [0.5, 0.6) is 11.5 Å². The van der Waals surface area contributed by atoms with Crippen LogP contribution in [0, 0.1) is 6.92 Å². The van der Waals surface area contributed by atoms with Crippen LogP contribution in [0.25, 0.3) is 0 Å². The van der Waals surface area contributed by atoms with Gasteiger partial charge < -0.3 is 10.1 Å². The maximum absolute atomic E-state index is 6.31. The lowest BCUT2D eigenvalue weighted by Crippen LogP contribution is -2.08. The minimum absolute atomic E-state index is 0.609. The van der Waals surface area contributed by atoms with Gasteiger partial charge in [-0.1, -0.05) is 29.8 Å². The monoisotopic (exact) mass is 302 g/mol. The van der Waals surface area contributed by atoms with Gasteiger partial charge in [-0.25, -0.2) is 0 Å².